The van der Waals surface area contributed by atoms with Crippen LogP contribution in [0, 0.1) is 0 Å². The molecule has 2 atom stereocenters. The Balaban J connectivity index is 0. The number of ether oxygens (including phenoxy) is 1. The summed E-state index contributed by atoms with van der Waals surface area (Å²) < 4.78 is 10.2. The molecule has 0 bridgehead atoms. The van der Waals surface area contributed by atoms with Gasteiger partial charge in [-0.1, -0.05) is 13.0 Å². The fourth-order valence-corrected chi connectivity index (χ4v) is 1.76. The van der Waals surface area contributed by atoms with E-state index in [2.05, 4.69) is 10.9 Å². The monoisotopic (exact) mass is 364 g/mol. The van der Waals surface area contributed by atoms with Crippen LogP contribution in [0.2, 0.25) is 0 Å². The Morgan fingerprint density at radius 2 is 1.96 bits per heavy atom. The van der Waals surface area contributed by atoms with Gasteiger partial charge in [-0.25, -0.2) is 0 Å². The molecule has 0 saturated heterocycles. The van der Waals surface area contributed by atoms with E-state index in [0.29, 0.717) is 17.1 Å². The fraction of sp³-hybridized carbons (Fsp3) is 0.286. The van der Waals surface area contributed by atoms with Crippen LogP contribution in [0.4, 0.5) is 0 Å². The SMILES string of the molecule is COc1ccc(O)c(C(C)[N-]NC(O)c2ccco2)c1.O.O.[V]. The van der Waals surface area contributed by atoms with Crippen molar-refractivity contribution in [3.8, 4) is 11.5 Å². The largest absolute Gasteiger partial charge is 0.589 e. The van der Waals surface area contributed by atoms with E-state index in [-0.39, 0.29) is 41.3 Å². The number of hydrogen-bond acceptors (Lipinski definition) is 5. The Hall–Kier alpha value is -1.52. The van der Waals surface area contributed by atoms with E-state index in [1.54, 1.807) is 44.4 Å². The maximum Gasteiger partial charge on any atom is 0.147 e. The minimum absolute atomic E-state index is 0. The average molecular weight is 364 g/mol. The molecule has 7 N–H and O–H groups in total. The molecule has 2 rings (SSSR count). The van der Waals surface area contributed by atoms with Crippen molar-refractivity contribution in [2.75, 3.05) is 7.11 Å². The zero-order chi connectivity index (χ0) is 14.5. The molecule has 0 aliphatic rings. The number of methoxy groups -OCH3 is 1. The summed E-state index contributed by atoms with van der Waals surface area (Å²) >= 11 is 0. The minimum Gasteiger partial charge on any atom is -0.589 e. The molecule has 0 saturated carbocycles. The molecule has 0 fully saturated rings. The topological polar surface area (TPSA) is 152 Å². The summed E-state index contributed by atoms with van der Waals surface area (Å²) in [6.07, 6.45) is 0.442. The van der Waals surface area contributed by atoms with Gasteiger partial charge in [0.15, 0.2) is 0 Å². The number of phenols is 1. The molecule has 23 heavy (non-hydrogen) atoms. The van der Waals surface area contributed by atoms with Crippen molar-refractivity contribution in [1.29, 1.82) is 0 Å². The van der Waals surface area contributed by atoms with Crippen molar-refractivity contribution in [3.05, 3.63) is 53.3 Å². The summed E-state index contributed by atoms with van der Waals surface area (Å²) in [7, 11) is 1.55. The fourth-order valence-electron chi connectivity index (χ4n) is 1.76. The van der Waals surface area contributed by atoms with Gasteiger partial charge >= 0.3 is 0 Å². The summed E-state index contributed by atoms with van der Waals surface area (Å²) in [6, 6.07) is 7.86. The summed E-state index contributed by atoms with van der Waals surface area (Å²) in [5.41, 5.74) is 7.29. The van der Waals surface area contributed by atoms with Crippen LogP contribution in [0.1, 0.15) is 30.5 Å². The van der Waals surface area contributed by atoms with Crippen LogP contribution in [0.15, 0.2) is 41.0 Å². The molecule has 129 valence electrons. The van der Waals surface area contributed by atoms with E-state index in [1.165, 1.54) is 6.26 Å². The summed E-state index contributed by atoms with van der Waals surface area (Å²) in [4.78, 5) is 0. The van der Waals surface area contributed by atoms with Crippen LogP contribution in [0.3, 0.4) is 0 Å². The van der Waals surface area contributed by atoms with Gasteiger partial charge in [-0.3, -0.25) is 0 Å². The molecule has 1 radical (unpaired) electrons. The maximum atomic E-state index is 9.83. The standard InChI is InChI=1S/C14H17N2O4.2H2O.V/c1-9(11-8-10(19-2)5-6-12(11)17)15-16-14(18)13-4-3-7-20-13;;;/h3-9,14,16-18H,1-2H3;2*1H2;/q-1;;;. The molecule has 2 aromatic rings. The number of hydrogen-bond donors (Lipinski definition) is 3. The van der Waals surface area contributed by atoms with Crippen molar-refractivity contribution in [1.82, 2.24) is 5.43 Å². The van der Waals surface area contributed by atoms with Gasteiger partial charge in [-0.2, -0.15) is 0 Å². The smallest absolute Gasteiger partial charge is 0.147 e. The van der Waals surface area contributed by atoms with Gasteiger partial charge < -0.3 is 41.2 Å². The number of furan rings is 1. The number of aromatic hydroxyl groups is 1. The van der Waals surface area contributed by atoms with Gasteiger partial charge in [0, 0.05) is 18.6 Å². The van der Waals surface area contributed by atoms with E-state index in [9.17, 15) is 10.2 Å². The molecule has 8 nitrogen and oxygen atoms in total. The Bertz CT molecular complexity index is 552. The van der Waals surface area contributed by atoms with Crippen molar-refractivity contribution < 1.29 is 48.9 Å². The van der Waals surface area contributed by atoms with Crippen LogP contribution < -0.4 is 10.2 Å². The van der Waals surface area contributed by atoms with E-state index in [4.69, 9.17) is 9.15 Å². The second-order valence-electron chi connectivity index (χ2n) is 4.28. The Kier molecular flexibility index (Phi) is 11.4. The van der Waals surface area contributed by atoms with E-state index in [1.807, 2.05) is 0 Å². The van der Waals surface area contributed by atoms with Crippen molar-refractivity contribution in [3.63, 3.8) is 0 Å². The number of phenolic OH excluding ortho intramolecular Hbond substituents is 1. The summed E-state index contributed by atoms with van der Waals surface area (Å²) in [5, 5.41) is 19.6. The van der Waals surface area contributed by atoms with Gasteiger partial charge in [0.05, 0.1) is 13.4 Å². The molecule has 1 aromatic carbocycles. The third-order valence-electron chi connectivity index (χ3n) is 2.89. The third-order valence-corrected chi connectivity index (χ3v) is 2.89. The van der Waals surface area contributed by atoms with Crippen molar-refractivity contribution >= 4 is 0 Å². The second kappa shape index (κ2) is 11.1. The number of aliphatic hydroxyl groups is 1. The first-order valence-corrected chi connectivity index (χ1v) is 6.15. The first-order chi connectivity index (χ1) is 9.61. The average Bonchev–Trinajstić information content (AvgIpc) is 2.99. The van der Waals surface area contributed by atoms with Crippen LogP contribution in [0.25, 0.3) is 5.43 Å². The third kappa shape index (κ3) is 6.24. The van der Waals surface area contributed by atoms with Crippen LogP contribution in [-0.4, -0.2) is 28.3 Å². The zero-order valence-corrected chi connectivity index (χ0v) is 14.1. The summed E-state index contributed by atoms with van der Waals surface area (Å²) in [6.45, 7) is 1.79. The van der Waals surface area contributed by atoms with Crippen LogP contribution in [0.5, 0.6) is 11.5 Å². The van der Waals surface area contributed by atoms with Gasteiger partial charge in [0.2, 0.25) is 0 Å². The Morgan fingerprint density at radius 1 is 1.26 bits per heavy atom. The minimum atomic E-state index is -1.03. The predicted molar refractivity (Wildman–Crippen MR) is 80.5 cm³/mol. The number of rotatable bonds is 6. The maximum absolute atomic E-state index is 9.83. The molecule has 9 heteroatoms. The van der Waals surface area contributed by atoms with Crippen molar-refractivity contribution in [2.24, 2.45) is 0 Å². The number of nitrogens with one attached hydrogen (secondary N) is 1. The van der Waals surface area contributed by atoms with Crippen LogP contribution in [-0.2, 0) is 18.6 Å². The molecule has 1 aromatic heterocycles. The van der Waals surface area contributed by atoms with E-state index < -0.39 is 6.23 Å². The molecule has 0 aliphatic carbocycles. The Labute approximate surface area is 145 Å². The first kappa shape index (κ1) is 23.7. The van der Waals surface area contributed by atoms with Gasteiger partial charge in [-0.15, -0.1) is 0 Å². The molecular weight excluding hydrogens is 343 g/mol. The predicted octanol–water partition coefficient (Wildman–Crippen LogP) is 0.972. The van der Waals surface area contributed by atoms with Gasteiger partial charge in [0.1, 0.15) is 23.5 Å². The molecule has 0 aliphatic heterocycles. The number of benzene rings is 1. The number of aliphatic hydroxyl groups excluding tert-OH is 1. The molecule has 2 unspecified atom stereocenters. The number of nitrogens with zero attached hydrogens (tertiary/aromatic N) is 1. The quantitative estimate of drug-likeness (QED) is 0.515. The van der Waals surface area contributed by atoms with Crippen LogP contribution >= 0.6 is 0 Å². The van der Waals surface area contributed by atoms with Gasteiger partial charge in [0.25, 0.3) is 0 Å². The molecular formula is C14H21N2O6V-. The zero-order valence-electron chi connectivity index (χ0n) is 12.7. The molecule has 0 amide bonds. The first-order valence-electron chi connectivity index (χ1n) is 6.15. The molecule has 0 spiro atoms. The normalized spacial score (nSPS) is 12.1. The van der Waals surface area contributed by atoms with E-state index >= 15 is 0 Å². The van der Waals surface area contributed by atoms with Gasteiger partial charge in [-0.05, 0) is 35.9 Å². The Morgan fingerprint density at radius 3 is 2.52 bits per heavy atom. The summed E-state index contributed by atoms with van der Waals surface area (Å²) in [5.74, 6) is 1.12. The molecule has 1 heterocycles. The second-order valence-corrected chi connectivity index (χ2v) is 4.28. The van der Waals surface area contributed by atoms with E-state index in [0.717, 1.165) is 0 Å². The van der Waals surface area contributed by atoms with Crippen molar-refractivity contribution in [2.45, 2.75) is 19.2 Å².